The Morgan fingerprint density at radius 2 is 1.82 bits per heavy atom. The lowest BCUT2D eigenvalue weighted by Crippen LogP contribution is -2.47. The lowest BCUT2D eigenvalue weighted by molar-refractivity contribution is -0.126. The Kier molecular flexibility index (Phi) is 5.75. The van der Waals surface area contributed by atoms with Gasteiger partial charge in [0, 0.05) is 31.8 Å². The molecule has 9 heteroatoms. The van der Waals surface area contributed by atoms with Gasteiger partial charge in [-0.05, 0) is 31.4 Å². The first-order valence-corrected chi connectivity index (χ1v) is 11.3. The Morgan fingerprint density at radius 1 is 1.00 bits per heavy atom. The van der Waals surface area contributed by atoms with E-state index in [9.17, 15) is 13.2 Å². The number of carbonyl (C=O) groups is 1. The van der Waals surface area contributed by atoms with Crippen molar-refractivity contribution in [3.8, 4) is 11.5 Å². The molecule has 1 saturated heterocycles. The van der Waals surface area contributed by atoms with Crippen LogP contribution in [-0.4, -0.2) is 64.2 Å². The van der Waals surface area contributed by atoms with Crippen LogP contribution in [0.3, 0.4) is 0 Å². The van der Waals surface area contributed by atoms with E-state index in [-0.39, 0.29) is 22.8 Å². The van der Waals surface area contributed by atoms with Crippen molar-refractivity contribution >= 4 is 15.9 Å². The van der Waals surface area contributed by atoms with Gasteiger partial charge < -0.3 is 19.5 Å². The highest BCUT2D eigenvalue weighted by Crippen LogP contribution is 2.37. The van der Waals surface area contributed by atoms with Crippen molar-refractivity contribution in [3.63, 3.8) is 0 Å². The molecule has 0 bridgehead atoms. The average molecular weight is 410 g/mol. The van der Waals surface area contributed by atoms with Crippen LogP contribution in [0.4, 0.5) is 0 Å². The quantitative estimate of drug-likeness (QED) is 0.786. The number of benzene rings is 1. The third kappa shape index (κ3) is 3.83. The van der Waals surface area contributed by atoms with Gasteiger partial charge in [0.2, 0.25) is 15.9 Å². The van der Waals surface area contributed by atoms with Gasteiger partial charge in [0.1, 0.15) is 13.2 Å². The van der Waals surface area contributed by atoms with Gasteiger partial charge in [-0.25, -0.2) is 8.42 Å². The summed E-state index contributed by atoms with van der Waals surface area (Å²) in [5.74, 6) is 0.573. The Bertz CT molecular complexity index is 828. The topological polar surface area (TPSA) is 94.2 Å². The molecule has 1 saturated carbocycles. The molecule has 154 valence electrons. The Morgan fingerprint density at radius 3 is 2.68 bits per heavy atom. The molecule has 0 spiro atoms. The second kappa shape index (κ2) is 8.26. The van der Waals surface area contributed by atoms with E-state index in [1.807, 2.05) is 0 Å². The fraction of sp³-hybridized carbons (Fsp3) is 0.632. The van der Waals surface area contributed by atoms with Crippen LogP contribution in [0.2, 0.25) is 0 Å². The molecule has 4 rings (SSSR count). The van der Waals surface area contributed by atoms with Gasteiger partial charge in [-0.2, -0.15) is 4.31 Å². The summed E-state index contributed by atoms with van der Waals surface area (Å²) in [5, 5.41) is 2.88. The number of carbonyl (C=O) groups excluding carboxylic acids is 1. The molecular weight excluding hydrogens is 384 g/mol. The zero-order valence-electron chi connectivity index (χ0n) is 15.8. The molecular formula is C19H26N2O6S. The summed E-state index contributed by atoms with van der Waals surface area (Å²) in [7, 11) is -3.79. The fourth-order valence-electron chi connectivity index (χ4n) is 4.18. The number of ether oxygens (including phenoxy) is 3. The molecule has 3 aliphatic rings. The van der Waals surface area contributed by atoms with Crippen LogP contribution in [0.15, 0.2) is 23.1 Å². The van der Waals surface area contributed by atoms with Crippen molar-refractivity contribution in [3.05, 3.63) is 18.2 Å². The molecule has 2 heterocycles. The zero-order chi connectivity index (χ0) is 19.6. The van der Waals surface area contributed by atoms with Crippen LogP contribution >= 0.6 is 0 Å². The van der Waals surface area contributed by atoms with Gasteiger partial charge in [0.05, 0.1) is 17.4 Å². The predicted molar refractivity (Wildman–Crippen MR) is 101 cm³/mol. The first kappa shape index (κ1) is 19.5. The fourth-order valence-corrected chi connectivity index (χ4v) is 5.92. The van der Waals surface area contributed by atoms with Gasteiger partial charge in [-0.1, -0.05) is 6.42 Å². The number of nitrogens with zero attached hydrogens (tertiary/aromatic N) is 1. The maximum Gasteiger partial charge on any atom is 0.243 e. The molecule has 2 aliphatic heterocycles. The summed E-state index contributed by atoms with van der Waals surface area (Å²) in [4.78, 5) is 12.8. The van der Waals surface area contributed by atoms with Gasteiger partial charge in [-0.3, -0.25) is 4.79 Å². The van der Waals surface area contributed by atoms with Crippen molar-refractivity contribution in [2.45, 2.75) is 36.6 Å². The minimum absolute atomic E-state index is 0.0876. The standard InChI is InChI=1S/C19H26N2O6S/c22-19-15-3-1-4-16(15)21(8-2-9-25-10-7-20-19)28(23,24)14-5-6-17-18(13-14)27-12-11-26-17/h5-6,13,15-16H,1-4,7-12H2,(H,20,22)/t15-,16+/m1/s1. The van der Waals surface area contributed by atoms with Crippen LogP contribution < -0.4 is 14.8 Å². The van der Waals surface area contributed by atoms with Crippen molar-refractivity contribution in [1.82, 2.24) is 9.62 Å². The van der Waals surface area contributed by atoms with Crippen LogP contribution in [0.25, 0.3) is 0 Å². The van der Waals surface area contributed by atoms with Crippen LogP contribution in [0, 0.1) is 5.92 Å². The SMILES string of the molecule is O=C1NCCOCCCN(S(=O)(=O)c2ccc3c(c2)OCCO3)[C@H]2CCC[C@@H]12. The number of amides is 1. The summed E-state index contributed by atoms with van der Waals surface area (Å²) < 4.78 is 45.1. The normalized spacial score (nSPS) is 26.8. The monoisotopic (exact) mass is 410 g/mol. The highest BCUT2D eigenvalue weighted by Gasteiger charge is 2.42. The molecule has 1 aliphatic carbocycles. The maximum absolute atomic E-state index is 13.5. The molecule has 28 heavy (non-hydrogen) atoms. The molecule has 1 aromatic rings. The summed E-state index contributed by atoms with van der Waals surface area (Å²) in [6.45, 7) is 2.52. The number of nitrogens with one attached hydrogen (secondary N) is 1. The smallest absolute Gasteiger partial charge is 0.243 e. The van der Waals surface area contributed by atoms with E-state index in [0.29, 0.717) is 70.3 Å². The lowest BCUT2D eigenvalue weighted by Gasteiger charge is -2.31. The Balaban J connectivity index is 1.67. The first-order chi connectivity index (χ1) is 13.6. The van der Waals surface area contributed by atoms with Crippen LogP contribution in [0.1, 0.15) is 25.7 Å². The van der Waals surface area contributed by atoms with Gasteiger partial charge in [0.15, 0.2) is 11.5 Å². The highest BCUT2D eigenvalue weighted by molar-refractivity contribution is 7.89. The lowest BCUT2D eigenvalue weighted by atomic mass is 10.0. The average Bonchev–Trinajstić information content (AvgIpc) is 3.17. The minimum atomic E-state index is -3.79. The third-order valence-corrected chi connectivity index (χ3v) is 7.44. The number of hydrogen-bond acceptors (Lipinski definition) is 6. The van der Waals surface area contributed by atoms with Crippen LogP contribution in [0.5, 0.6) is 11.5 Å². The summed E-state index contributed by atoms with van der Waals surface area (Å²) in [6.07, 6.45) is 2.81. The van der Waals surface area contributed by atoms with E-state index in [1.54, 1.807) is 12.1 Å². The first-order valence-electron chi connectivity index (χ1n) is 9.84. The third-order valence-electron chi connectivity index (χ3n) is 5.52. The minimum Gasteiger partial charge on any atom is -0.486 e. The maximum atomic E-state index is 13.5. The van der Waals surface area contributed by atoms with E-state index < -0.39 is 10.0 Å². The summed E-state index contributed by atoms with van der Waals surface area (Å²) in [6, 6.07) is 4.37. The second-order valence-electron chi connectivity index (χ2n) is 7.28. The second-order valence-corrected chi connectivity index (χ2v) is 9.17. The molecule has 1 N–H and O–H groups in total. The van der Waals surface area contributed by atoms with Gasteiger partial charge in [0.25, 0.3) is 0 Å². The number of hydrogen-bond donors (Lipinski definition) is 1. The van der Waals surface area contributed by atoms with Crippen LogP contribution in [-0.2, 0) is 19.6 Å². The van der Waals surface area contributed by atoms with E-state index >= 15 is 0 Å². The van der Waals surface area contributed by atoms with Crippen molar-refractivity contribution in [1.29, 1.82) is 0 Å². The molecule has 2 fully saturated rings. The molecule has 0 aromatic heterocycles. The molecule has 0 radical (unpaired) electrons. The van der Waals surface area contributed by atoms with Crippen molar-refractivity contribution in [2.75, 3.05) is 39.5 Å². The predicted octanol–water partition coefficient (Wildman–Crippen LogP) is 1.15. The molecule has 1 aromatic carbocycles. The molecule has 0 unspecified atom stereocenters. The number of fused-ring (bicyclic) bond motifs is 2. The Labute approximate surface area is 165 Å². The highest BCUT2D eigenvalue weighted by atomic mass is 32.2. The largest absolute Gasteiger partial charge is 0.486 e. The number of sulfonamides is 1. The van der Waals surface area contributed by atoms with Crippen molar-refractivity contribution < 1.29 is 27.4 Å². The van der Waals surface area contributed by atoms with Gasteiger partial charge in [-0.15, -0.1) is 0 Å². The van der Waals surface area contributed by atoms with E-state index in [2.05, 4.69) is 5.32 Å². The molecule has 2 atom stereocenters. The van der Waals surface area contributed by atoms with Crippen molar-refractivity contribution in [2.24, 2.45) is 5.92 Å². The Hall–Kier alpha value is -1.84. The van der Waals surface area contributed by atoms with Gasteiger partial charge >= 0.3 is 0 Å². The molecule has 8 nitrogen and oxygen atoms in total. The van der Waals surface area contributed by atoms with E-state index in [0.717, 1.165) is 6.42 Å². The van der Waals surface area contributed by atoms with E-state index in [4.69, 9.17) is 14.2 Å². The summed E-state index contributed by atoms with van der Waals surface area (Å²) in [5.41, 5.74) is 0. The summed E-state index contributed by atoms with van der Waals surface area (Å²) >= 11 is 0. The number of rotatable bonds is 2. The zero-order valence-corrected chi connectivity index (χ0v) is 16.6. The molecule has 1 amide bonds. The van der Waals surface area contributed by atoms with E-state index in [1.165, 1.54) is 10.4 Å².